The molecular weight excluding hydrogens is 446 g/mol. The molecule has 1 aromatic heterocycles. The molecule has 2 aromatic carbocycles. The maximum absolute atomic E-state index is 12.4. The highest BCUT2D eigenvalue weighted by molar-refractivity contribution is 9.10. The minimum Gasteiger partial charge on any atom is -0.488 e. The Balaban J connectivity index is 1.82. The van der Waals surface area contributed by atoms with Crippen LogP contribution in [0.1, 0.15) is 21.7 Å². The van der Waals surface area contributed by atoms with Crippen LogP contribution in [0, 0.1) is 17.0 Å². The predicted molar refractivity (Wildman–Crippen MR) is 108 cm³/mol. The first-order valence-electron chi connectivity index (χ1n) is 8.65. The number of rotatable bonds is 8. The number of halogens is 1. The number of hydrogen-bond donors (Lipinski definition) is 0. The average molecular weight is 464 g/mol. The second-order valence-corrected chi connectivity index (χ2v) is 7.01. The van der Waals surface area contributed by atoms with Crippen molar-refractivity contribution in [3.63, 3.8) is 0 Å². The standard InChI is InChI=1S/C20H18BrNO7/c1-12-19(20(23)27-8-7-26-2)15-9-18(16(21)10-17(15)29-12)28-11-13-3-5-14(6-4-13)22(24)25/h3-6,9-10H,7-8,11H2,1-2H3. The number of nitro groups is 1. The number of non-ortho nitro benzene ring substituents is 1. The first-order chi connectivity index (χ1) is 13.9. The number of hydrogen-bond acceptors (Lipinski definition) is 7. The third-order valence-corrected chi connectivity index (χ3v) is 4.80. The van der Waals surface area contributed by atoms with Gasteiger partial charge in [0.25, 0.3) is 5.69 Å². The molecular formula is C20H18BrNO7. The van der Waals surface area contributed by atoms with Crippen LogP contribution >= 0.6 is 15.9 Å². The van der Waals surface area contributed by atoms with Gasteiger partial charge in [0.2, 0.25) is 0 Å². The van der Waals surface area contributed by atoms with Gasteiger partial charge in [0.15, 0.2) is 0 Å². The van der Waals surface area contributed by atoms with Crippen LogP contribution < -0.4 is 4.74 Å². The summed E-state index contributed by atoms with van der Waals surface area (Å²) in [6, 6.07) is 9.53. The third-order valence-electron chi connectivity index (χ3n) is 4.18. The van der Waals surface area contributed by atoms with Crippen molar-refractivity contribution in [2.45, 2.75) is 13.5 Å². The Morgan fingerprint density at radius 2 is 1.93 bits per heavy atom. The van der Waals surface area contributed by atoms with Crippen molar-refractivity contribution in [1.82, 2.24) is 0 Å². The van der Waals surface area contributed by atoms with Crippen molar-refractivity contribution >= 4 is 38.6 Å². The highest BCUT2D eigenvalue weighted by atomic mass is 79.9. The molecule has 152 valence electrons. The number of esters is 1. The lowest BCUT2D eigenvalue weighted by atomic mass is 10.1. The summed E-state index contributed by atoms with van der Waals surface area (Å²) in [5, 5.41) is 11.3. The van der Waals surface area contributed by atoms with E-state index in [-0.39, 0.29) is 18.9 Å². The Hall–Kier alpha value is -2.91. The van der Waals surface area contributed by atoms with Gasteiger partial charge in [0.05, 0.1) is 16.0 Å². The quantitative estimate of drug-likeness (QED) is 0.204. The Bertz CT molecular complexity index is 1040. The summed E-state index contributed by atoms with van der Waals surface area (Å²) in [7, 11) is 1.53. The fourth-order valence-corrected chi connectivity index (χ4v) is 3.19. The number of methoxy groups -OCH3 is 1. The predicted octanol–water partition coefficient (Wildman–Crippen LogP) is 4.79. The lowest BCUT2D eigenvalue weighted by Gasteiger charge is -2.09. The normalized spacial score (nSPS) is 10.9. The van der Waals surface area contributed by atoms with Crippen molar-refractivity contribution < 1.29 is 28.3 Å². The number of ether oxygens (including phenoxy) is 3. The minimum absolute atomic E-state index is 0.0156. The molecule has 0 saturated carbocycles. The second-order valence-electron chi connectivity index (χ2n) is 6.15. The van der Waals surface area contributed by atoms with Crippen molar-refractivity contribution in [2.75, 3.05) is 20.3 Å². The smallest absolute Gasteiger partial charge is 0.342 e. The van der Waals surface area contributed by atoms with Crippen LogP contribution in [0.4, 0.5) is 5.69 Å². The Morgan fingerprint density at radius 3 is 2.59 bits per heavy atom. The number of nitro benzene ring substituents is 1. The van der Waals surface area contributed by atoms with Gasteiger partial charge in [0, 0.05) is 24.6 Å². The van der Waals surface area contributed by atoms with Gasteiger partial charge in [-0.15, -0.1) is 0 Å². The van der Waals surface area contributed by atoms with Crippen LogP contribution in [-0.2, 0) is 16.1 Å². The van der Waals surface area contributed by atoms with Crippen LogP contribution in [0.3, 0.4) is 0 Å². The fourth-order valence-electron chi connectivity index (χ4n) is 2.75. The van der Waals surface area contributed by atoms with E-state index in [4.69, 9.17) is 18.6 Å². The molecule has 0 atom stereocenters. The Morgan fingerprint density at radius 1 is 1.21 bits per heavy atom. The fraction of sp³-hybridized carbons (Fsp3) is 0.250. The van der Waals surface area contributed by atoms with Crippen molar-refractivity contribution in [3.05, 3.63) is 67.9 Å². The zero-order chi connectivity index (χ0) is 21.0. The number of carbonyl (C=O) groups is 1. The minimum atomic E-state index is -0.498. The van der Waals surface area contributed by atoms with E-state index >= 15 is 0 Å². The molecule has 29 heavy (non-hydrogen) atoms. The highest BCUT2D eigenvalue weighted by Crippen LogP contribution is 2.35. The molecule has 0 N–H and O–H groups in total. The van der Waals surface area contributed by atoms with Gasteiger partial charge in [-0.2, -0.15) is 0 Å². The van der Waals surface area contributed by atoms with Crippen LogP contribution in [-0.4, -0.2) is 31.2 Å². The van der Waals surface area contributed by atoms with Gasteiger partial charge in [-0.1, -0.05) is 0 Å². The molecule has 0 amide bonds. The number of fused-ring (bicyclic) bond motifs is 1. The maximum Gasteiger partial charge on any atom is 0.342 e. The molecule has 3 aromatic rings. The van der Waals surface area contributed by atoms with Gasteiger partial charge >= 0.3 is 5.97 Å². The van der Waals surface area contributed by atoms with E-state index < -0.39 is 10.9 Å². The van der Waals surface area contributed by atoms with E-state index in [0.717, 1.165) is 5.56 Å². The average Bonchev–Trinajstić information content (AvgIpc) is 3.01. The van der Waals surface area contributed by atoms with Gasteiger partial charge in [-0.25, -0.2) is 4.79 Å². The molecule has 8 nitrogen and oxygen atoms in total. The number of nitrogens with zero attached hydrogens (tertiary/aromatic N) is 1. The monoisotopic (exact) mass is 463 g/mol. The number of carbonyl (C=O) groups excluding carboxylic acids is 1. The molecule has 0 aliphatic heterocycles. The zero-order valence-corrected chi connectivity index (χ0v) is 17.4. The number of aryl methyl sites for hydroxylation is 1. The molecule has 0 bridgehead atoms. The summed E-state index contributed by atoms with van der Waals surface area (Å²) < 4.78 is 22.3. The summed E-state index contributed by atoms with van der Waals surface area (Å²) in [5.74, 6) is 0.450. The van der Waals surface area contributed by atoms with E-state index in [1.807, 2.05) is 0 Å². The summed E-state index contributed by atoms with van der Waals surface area (Å²) >= 11 is 3.44. The number of benzene rings is 2. The second kappa shape index (κ2) is 9.06. The van der Waals surface area contributed by atoms with Crippen LogP contribution in [0.5, 0.6) is 5.75 Å². The van der Waals surface area contributed by atoms with Crippen molar-refractivity contribution in [2.24, 2.45) is 0 Å². The molecule has 0 spiro atoms. The van der Waals surface area contributed by atoms with E-state index in [1.165, 1.54) is 19.2 Å². The molecule has 0 unspecified atom stereocenters. The first-order valence-corrected chi connectivity index (χ1v) is 9.45. The van der Waals surface area contributed by atoms with E-state index in [9.17, 15) is 14.9 Å². The van der Waals surface area contributed by atoms with Crippen molar-refractivity contribution in [3.8, 4) is 5.75 Å². The Labute approximate surface area is 174 Å². The number of furan rings is 1. The molecule has 0 radical (unpaired) electrons. The lowest BCUT2D eigenvalue weighted by molar-refractivity contribution is -0.384. The van der Waals surface area contributed by atoms with Crippen molar-refractivity contribution in [1.29, 1.82) is 0 Å². The van der Waals surface area contributed by atoms with E-state index in [2.05, 4.69) is 15.9 Å². The summed E-state index contributed by atoms with van der Waals surface area (Å²) in [4.78, 5) is 22.7. The third kappa shape index (κ3) is 4.75. The molecule has 0 aliphatic rings. The summed E-state index contributed by atoms with van der Waals surface area (Å²) in [6.45, 7) is 2.34. The highest BCUT2D eigenvalue weighted by Gasteiger charge is 2.21. The molecule has 0 aliphatic carbocycles. The SMILES string of the molecule is COCCOC(=O)c1c(C)oc2cc(Br)c(OCc3ccc([N+](=O)[O-])cc3)cc12. The molecule has 1 heterocycles. The molecule has 0 saturated heterocycles. The van der Waals surface area contributed by atoms with Crippen LogP contribution in [0.25, 0.3) is 11.0 Å². The van der Waals surface area contributed by atoms with Crippen LogP contribution in [0.2, 0.25) is 0 Å². The lowest BCUT2D eigenvalue weighted by Crippen LogP contribution is -2.10. The Kier molecular flexibility index (Phi) is 6.50. The van der Waals surface area contributed by atoms with Gasteiger partial charge in [-0.05, 0) is 52.7 Å². The topological polar surface area (TPSA) is 101 Å². The maximum atomic E-state index is 12.4. The van der Waals surface area contributed by atoms with Gasteiger partial charge in [-0.3, -0.25) is 10.1 Å². The largest absolute Gasteiger partial charge is 0.488 e. The first kappa shape index (κ1) is 20.8. The summed E-state index contributed by atoms with van der Waals surface area (Å²) in [5.41, 5.74) is 1.64. The summed E-state index contributed by atoms with van der Waals surface area (Å²) in [6.07, 6.45) is 0. The van der Waals surface area contributed by atoms with Gasteiger partial charge in [0.1, 0.15) is 35.9 Å². The molecule has 3 rings (SSSR count). The molecule has 0 fully saturated rings. The zero-order valence-electron chi connectivity index (χ0n) is 15.8. The van der Waals surface area contributed by atoms with Crippen LogP contribution in [0.15, 0.2) is 45.3 Å². The van der Waals surface area contributed by atoms with E-state index in [1.54, 1.807) is 31.2 Å². The van der Waals surface area contributed by atoms with E-state index in [0.29, 0.717) is 39.1 Å². The van der Waals surface area contributed by atoms with Gasteiger partial charge < -0.3 is 18.6 Å². The molecule has 9 heteroatoms.